The number of nitrogens with two attached hydrogens (primary N) is 1. The molecule has 1 heterocycles. The van der Waals surface area contributed by atoms with Gasteiger partial charge >= 0.3 is 5.97 Å². The maximum atomic E-state index is 12.4. The van der Waals surface area contributed by atoms with Crippen LogP contribution >= 0.6 is 0 Å². The topological polar surface area (TPSA) is 113 Å². The second-order valence-electron chi connectivity index (χ2n) is 9.88. The first-order chi connectivity index (χ1) is 20.3. The molecule has 0 spiro atoms. The Kier molecular flexibility index (Phi) is 8.30. The Morgan fingerprint density at radius 2 is 1.57 bits per heavy atom. The van der Waals surface area contributed by atoms with Crippen LogP contribution in [-0.2, 0) is 11.4 Å². The molecule has 2 N–H and O–H groups in total. The van der Waals surface area contributed by atoms with Gasteiger partial charge in [-0.25, -0.2) is 4.79 Å². The summed E-state index contributed by atoms with van der Waals surface area (Å²) in [6.07, 6.45) is 0. The Labute approximate surface area is 244 Å². The lowest BCUT2D eigenvalue weighted by atomic mass is 9.83. The molecule has 0 amide bonds. The fourth-order valence-electron chi connectivity index (χ4n) is 4.61. The molecule has 8 nitrogen and oxygen atoms in total. The van der Waals surface area contributed by atoms with Crippen molar-refractivity contribution < 1.29 is 28.5 Å². The number of ether oxygens (including phenoxy) is 5. The molecule has 0 fully saturated rings. The molecule has 0 aliphatic carbocycles. The second kappa shape index (κ2) is 12.4. The van der Waals surface area contributed by atoms with Gasteiger partial charge in [0, 0.05) is 11.6 Å². The van der Waals surface area contributed by atoms with E-state index in [9.17, 15) is 10.1 Å². The van der Waals surface area contributed by atoms with Crippen molar-refractivity contribution >= 4 is 5.97 Å². The van der Waals surface area contributed by atoms with Crippen LogP contribution in [-0.4, -0.2) is 19.7 Å². The minimum absolute atomic E-state index is 0.0279. The zero-order chi connectivity index (χ0) is 29.6. The third kappa shape index (κ3) is 6.31. The van der Waals surface area contributed by atoms with Crippen LogP contribution in [0.4, 0.5) is 0 Å². The van der Waals surface area contributed by atoms with Crippen LogP contribution in [0.25, 0.3) is 0 Å². The number of nitrogens with zero attached hydrogens (tertiary/aromatic N) is 1. The third-order valence-electron chi connectivity index (χ3n) is 6.84. The summed E-state index contributed by atoms with van der Waals surface area (Å²) in [7, 11) is 1.56. The summed E-state index contributed by atoms with van der Waals surface area (Å²) in [6, 6.07) is 28.1. The first-order valence-corrected chi connectivity index (χ1v) is 13.3. The SMILES string of the molecule is COc1cc(C2C(C#N)=C(N)Oc3cc(OC(=O)COc4ccc(C)cc4)ccc32)ccc1OCc1ccc(C)cc1. The molecule has 5 rings (SSSR count). The van der Waals surface area contributed by atoms with E-state index in [1.54, 1.807) is 37.4 Å². The highest BCUT2D eigenvalue weighted by molar-refractivity contribution is 5.74. The van der Waals surface area contributed by atoms with Gasteiger partial charge in [0.1, 0.15) is 35.5 Å². The average molecular weight is 563 g/mol. The number of carbonyl (C=O) groups is 1. The fourth-order valence-corrected chi connectivity index (χ4v) is 4.61. The first kappa shape index (κ1) is 28.1. The number of esters is 1. The number of nitriles is 1. The Bertz CT molecular complexity index is 1670. The number of hydrogen-bond donors (Lipinski definition) is 1. The summed E-state index contributed by atoms with van der Waals surface area (Å²) in [5.74, 6) is 1.15. The number of hydrogen-bond acceptors (Lipinski definition) is 8. The highest BCUT2D eigenvalue weighted by Gasteiger charge is 2.32. The molecule has 1 aliphatic heterocycles. The van der Waals surface area contributed by atoms with Crippen molar-refractivity contribution in [1.82, 2.24) is 0 Å². The molecule has 4 aromatic rings. The molecule has 1 aliphatic rings. The van der Waals surface area contributed by atoms with Gasteiger partial charge in [-0.15, -0.1) is 0 Å². The van der Waals surface area contributed by atoms with Gasteiger partial charge < -0.3 is 29.4 Å². The van der Waals surface area contributed by atoms with E-state index in [1.165, 1.54) is 5.56 Å². The van der Waals surface area contributed by atoms with E-state index in [4.69, 9.17) is 29.4 Å². The summed E-state index contributed by atoms with van der Waals surface area (Å²) < 4.78 is 28.4. The Morgan fingerprint density at radius 3 is 2.26 bits per heavy atom. The van der Waals surface area contributed by atoms with Gasteiger partial charge in [0.2, 0.25) is 5.88 Å². The van der Waals surface area contributed by atoms with Crippen LogP contribution < -0.4 is 29.4 Å². The maximum absolute atomic E-state index is 12.4. The monoisotopic (exact) mass is 562 g/mol. The van der Waals surface area contributed by atoms with E-state index in [2.05, 4.69) is 6.07 Å². The number of benzene rings is 4. The minimum Gasteiger partial charge on any atom is -0.493 e. The number of rotatable bonds is 9. The lowest BCUT2D eigenvalue weighted by Gasteiger charge is -2.27. The van der Waals surface area contributed by atoms with Crippen molar-refractivity contribution in [2.45, 2.75) is 26.4 Å². The van der Waals surface area contributed by atoms with E-state index in [0.717, 1.165) is 16.7 Å². The van der Waals surface area contributed by atoms with Crippen LogP contribution in [0, 0.1) is 25.2 Å². The van der Waals surface area contributed by atoms with Crippen molar-refractivity contribution in [3.8, 4) is 34.8 Å². The van der Waals surface area contributed by atoms with Gasteiger partial charge in [0.05, 0.1) is 13.0 Å². The molecule has 4 aromatic carbocycles. The Morgan fingerprint density at radius 1 is 0.881 bits per heavy atom. The molecule has 0 bridgehead atoms. The number of carbonyl (C=O) groups excluding carboxylic acids is 1. The molecule has 8 heteroatoms. The van der Waals surface area contributed by atoms with Crippen molar-refractivity contribution in [3.63, 3.8) is 0 Å². The van der Waals surface area contributed by atoms with E-state index < -0.39 is 11.9 Å². The first-order valence-electron chi connectivity index (χ1n) is 13.3. The van der Waals surface area contributed by atoms with Crippen molar-refractivity contribution in [2.24, 2.45) is 5.73 Å². The predicted molar refractivity (Wildman–Crippen MR) is 157 cm³/mol. The summed E-state index contributed by atoms with van der Waals surface area (Å²) in [5, 5.41) is 9.96. The van der Waals surface area contributed by atoms with Crippen molar-refractivity contribution in [2.75, 3.05) is 13.7 Å². The van der Waals surface area contributed by atoms with Crippen LogP contribution in [0.3, 0.4) is 0 Å². The minimum atomic E-state index is -0.574. The molecule has 1 unspecified atom stereocenters. The highest BCUT2D eigenvalue weighted by Crippen LogP contribution is 2.45. The molecular formula is C34H30N2O6. The van der Waals surface area contributed by atoms with Crippen LogP contribution in [0.5, 0.6) is 28.7 Å². The number of methoxy groups -OCH3 is 1. The van der Waals surface area contributed by atoms with E-state index in [-0.39, 0.29) is 23.8 Å². The number of allylic oxidation sites excluding steroid dienone is 1. The zero-order valence-corrected chi connectivity index (χ0v) is 23.5. The summed E-state index contributed by atoms with van der Waals surface area (Å²) >= 11 is 0. The zero-order valence-electron chi connectivity index (χ0n) is 23.5. The standard InChI is InChI=1S/C34H30N2O6/c1-21-4-8-23(9-5-21)19-40-29-15-10-24(16-31(29)38-3)33-27-14-13-26(17-30(27)42-34(36)28(33)18-35)41-32(37)20-39-25-11-6-22(2)7-12-25/h4-17,33H,19-20,36H2,1-3H3. The molecular weight excluding hydrogens is 532 g/mol. The summed E-state index contributed by atoms with van der Waals surface area (Å²) in [4.78, 5) is 12.4. The third-order valence-corrected chi connectivity index (χ3v) is 6.84. The smallest absolute Gasteiger partial charge is 0.349 e. The van der Waals surface area contributed by atoms with Gasteiger partial charge in [0.15, 0.2) is 18.1 Å². The fraction of sp³-hybridized carbons (Fsp3) is 0.176. The summed E-state index contributed by atoms with van der Waals surface area (Å²) in [5.41, 5.74) is 11.2. The molecule has 212 valence electrons. The van der Waals surface area contributed by atoms with Gasteiger partial charge in [-0.1, -0.05) is 59.7 Å². The summed E-state index contributed by atoms with van der Waals surface area (Å²) in [6.45, 7) is 4.12. The van der Waals surface area contributed by atoms with Crippen LogP contribution in [0.2, 0.25) is 0 Å². The van der Waals surface area contributed by atoms with Gasteiger partial charge in [-0.2, -0.15) is 5.26 Å². The lowest BCUT2D eigenvalue weighted by molar-refractivity contribution is -0.136. The highest BCUT2D eigenvalue weighted by atomic mass is 16.6. The van der Waals surface area contributed by atoms with Crippen LogP contribution in [0.15, 0.2) is 96.4 Å². The normalized spacial score (nSPS) is 13.8. The van der Waals surface area contributed by atoms with Crippen LogP contribution in [0.1, 0.15) is 33.7 Å². The lowest BCUT2D eigenvalue weighted by Crippen LogP contribution is -2.21. The maximum Gasteiger partial charge on any atom is 0.349 e. The average Bonchev–Trinajstić information content (AvgIpc) is 2.99. The molecule has 0 saturated carbocycles. The van der Waals surface area contributed by atoms with E-state index in [0.29, 0.717) is 35.2 Å². The molecule has 1 atom stereocenters. The van der Waals surface area contributed by atoms with Crippen molar-refractivity contribution in [3.05, 3.63) is 124 Å². The van der Waals surface area contributed by atoms with Crippen molar-refractivity contribution in [1.29, 1.82) is 5.26 Å². The van der Waals surface area contributed by atoms with Gasteiger partial charge in [0.25, 0.3) is 0 Å². The molecule has 42 heavy (non-hydrogen) atoms. The largest absolute Gasteiger partial charge is 0.493 e. The quantitative estimate of drug-likeness (QED) is 0.193. The number of fused-ring (bicyclic) bond motifs is 1. The van der Waals surface area contributed by atoms with Gasteiger partial charge in [-0.05, 0) is 55.3 Å². The number of aryl methyl sites for hydroxylation is 2. The molecule has 0 radical (unpaired) electrons. The second-order valence-corrected chi connectivity index (χ2v) is 9.88. The predicted octanol–water partition coefficient (Wildman–Crippen LogP) is 6.09. The Hall–Kier alpha value is -5.42. The molecule has 0 aromatic heterocycles. The molecule has 0 saturated heterocycles. The van der Waals surface area contributed by atoms with Gasteiger partial charge in [-0.3, -0.25) is 0 Å². The van der Waals surface area contributed by atoms with E-state index >= 15 is 0 Å². The Balaban J connectivity index is 1.35. The van der Waals surface area contributed by atoms with E-state index in [1.807, 2.05) is 68.4 Å².